The van der Waals surface area contributed by atoms with Gasteiger partial charge in [-0.3, -0.25) is 9.69 Å². The molecule has 1 saturated heterocycles. The molecule has 0 unspecified atom stereocenters. The molecule has 0 bridgehead atoms. The van der Waals surface area contributed by atoms with Crippen LogP contribution in [0, 0.1) is 5.92 Å². The molecule has 2 heterocycles. The molecule has 4 rings (SSSR count). The topological polar surface area (TPSA) is 41.6 Å². The summed E-state index contributed by atoms with van der Waals surface area (Å²) in [6.07, 6.45) is 2.16. The zero-order chi connectivity index (χ0) is 18.8. The number of fused-ring (bicyclic) bond motifs is 3. The van der Waals surface area contributed by atoms with Crippen LogP contribution in [0.1, 0.15) is 34.6 Å². The van der Waals surface area contributed by atoms with Gasteiger partial charge in [0.1, 0.15) is 0 Å². The van der Waals surface area contributed by atoms with E-state index >= 15 is 0 Å². The van der Waals surface area contributed by atoms with Gasteiger partial charge in [-0.05, 0) is 41.5 Å². The van der Waals surface area contributed by atoms with Gasteiger partial charge in [-0.2, -0.15) is 0 Å². The van der Waals surface area contributed by atoms with Crippen molar-refractivity contribution in [1.82, 2.24) is 10.2 Å². The lowest BCUT2D eigenvalue weighted by Crippen LogP contribution is -2.48. The summed E-state index contributed by atoms with van der Waals surface area (Å²) in [6, 6.07) is 10.6. The van der Waals surface area contributed by atoms with E-state index in [9.17, 15) is 4.79 Å². The first-order valence-electron chi connectivity index (χ1n) is 9.93. The van der Waals surface area contributed by atoms with Crippen LogP contribution < -0.4 is 5.32 Å². The molecule has 2 aromatic rings. The maximum atomic E-state index is 12.7. The second kappa shape index (κ2) is 8.13. The molecule has 1 aliphatic carbocycles. The first-order chi connectivity index (χ1) is 13.1. The lowest BCUT2D eigenvalue weighted by molar-refractivity contribution is -0.0295. The van der Waals surface area contributed by atoms with E-state index in [1.54, 1.807) is 11.3 Å². The maximum absolute atomic E-state index is 12.7. The molecular formula is C22H28N2O2S. The van der Waals surface area contributed by atoms with Gasteiger partial charge in [0, 0.05) is 31.1 Å². The normalized spacial score (nSPS) is 19.6. The third-order valence-corrected chi connectivity index (χ3v) is 6.50. The SMILES string of the molecule is CC(C)CN1CCO[C@@H](CNC(=O)c2cc3c(s2)-c2ccccc2CC3)C1. The van der Waals surface area contributed by atoms with Crippen molar-refractivity contribution >= 4 is 17.2 Å². The van der Waals surface area contributed by atoms with Crippen molar-refractivity contribution in [1.29, 1.82) is 0 Å². The summed E-state index contributed by atoms with van der Waals surface area (Å²) in [5.74, 6) is 0.676. The van der Waals surface area contributed by atoms with Crippen LogP contribution in [0.5, 0.6) is 0 Å². The highest BCUT2D eigenvalue weighted by Gasteiger charge is 2.24. The number of aryl methyl sites for hydroxylation is 2. The second-order valence-corrected chi connectivity index (χ2v) is 9.03. The van der Waals surface area contributed by atoms with Gasteiger partial charge >= 0.3 is 0 Å². The Kier molecular flexibility index (Phi) is 5.62. The molecule has 0 spiro atoms. The first kappa shape index (κ1) is 18.7. The summed E-state index contributed by atoms with van der Waals surface area (Å²) in [5, 5.41) is 3.10. The Bertz CT molecular complexity index is 814. The number of nitrogens with one attached hydrogen (secondary N) is 1. The van der Waals surface area contributed by atoms with E-state index in [1.807, 2.05) is 0 Å². The molecule has 1 atom stereocenters. The number of amides is 1. The predicted octanol–water partition coefficient (Wildman–Crippen LogP) is 3.60. The molecule has 144 valence electrons. The Labute approximate surface area is 165 Å². The number of carbonyl (C=O) groups is 1. The number of hydrogen-bond donors (Lipinski definition) is 1. The van der Waals surface area contributed by atoms with Crippen molar-refractivity contribution in [3.8, 4) is 10.4 Å². The molecule has 2 aliphatic rings. The van der Waals surface area contributed by atoms with Crippen LogP contribution in [-0.4, -0.2) is 49.7 Å². The second-order valence-electron chi connectivity index (χ2n) is 7.98. The molecule has 0 saturated carbocycles. The molecule has 1 aromatic carbocycles. The fourth-order valence-corrected chi connectivity index (χ4v) is 5.25. The third-order valence-electron chi connectivity index (χ3n) is 5.29. The minimum Gasteiger partial charge on any atom is -0.374 e. The van der Waals surface area contributed by atoms with Crippen LogP contribution in [0.2, 0.25) is 0 Å². The zero-order valence-electron chi connectivity index (χ0n) is 16.2. The lowest BCUT2D eigenvalue weighted by atomic mass is 9.91. The van der Waals surface area contributed by atoms with Crippen molar-refractivity contribution in [2.24, 2.45) is 5.92 Å². The number of benzene rings is 1. The Morgan fingerprint density at radius 3 is 2.96 bits per heavy atom. The molecule has 1 fully saturated rings. The summed E-state index contributed by atoms with van der Waals surface area (Å²) in [5.41, 5.74) is 3.99. The van der Waals surface area contributed by atoms with Gasteiger partial charge in [-0.15, -0.1) is 11.3 Å². The molecule has 27 heavy (non-hydrogen) atoms. The van der Waals surface area contributed by atoms with Crippen LogP contribution in [-0.2, 0) is 17.6 Å². The number of ether oxygens (including phenoxy) is 1. The number of rotatable bonds is 5. The van der Waals surface area contributed by atoms with Gasteiger partial charge in [-0.25, -0.2) is 0 Å². The minimum absolute atomic E-state index is 0.0245. The van der Waals surface area contributed by atoms with E-state index in [4.69, 9.17) is 4.74 Å². The number of nitrogens with zero attached hydrogens (tertiary/aromatic N) is 1. The molecule has 1 amide bonds. The highest BCUT2D eigenvalue weighted by atomic mass is 32.1. The summed E-state index contributed by atoms with van der Waals surface area (Å²) >= 11 is 1.62. The van der Waals surface area contributed by atoms with E-state index in [-0.39, 0.29) is 12.0 Å². The average Bonchev–Trinajstić information content (AvgIpc) is 3.11. The Balaban J connectivity index is 1.38. The van der Waals surface area contributed by atoms with E-state index in [2.05, 4.69) is 54.4 Å². The number of morpholine rings is 1. The van der Waals surface area contributed by atoms with E-state index in [0.717, 1.165) is 44.0 Å². The van der Waals surface area contributed by atoms with E-state index in [1.165, 1.54) is 21.6 Å². The van der Waals surface area contributed by atoms with Crippen molar-refractivity contribution in [3.05, 3.63) is 46.3 Å². The zero-order valence-corrected chi connectivity index (χ0v) is 17.0. The number of thiophene rings is 1. The summed E-state index contributed by atoms with van der Waals surface area (Å²) in [7, 11) is 0. The average molecular weight is 385 g/mol. The van der Waals surface area contributed by atoms with Crippen LogP contribution in [0.15, 0.2) is 30.3 Å². The summed E-state index contributed by atoms with van der Waals surface area (Å²) < 4.78 is 5.85. The number of carbonyl (C=O) groups excluding carboxylic acids is 1. The molecular weight excluding hydrogens is 356 g/mol. The van der Waals surface area contributed by atoms with Crippen LogP contribution in [0.25, 0.3) is 10.4 Å². The van der Waals surface area contributed by atoms with E-state index < -0.39 is 0 Å². The number of hydrogen-bond acceptors (Lipinski definition) is 4. The molecule has 0 radical (unpaired) electrons. The maximum Gasteiger partial charge on any atom is 0.261 e. The standard InChI is InChI=1S/C22H28N2O2S/c1-15(2)13-24-9-10-26-18(14-24)12-23-22(25)20-11-17-8-7-16-5-3-4-6-19(16)21(17)27-20/h3-6,11,15,18H,7-10,12-14H2,1-2H3,(H,23,25)/t18-/m0/s1. The van der Waals surface area contributed by atoms with Crippen molar-refractivity contribution in [2.45, 2.75) is 32.8 Å². The summed E-state index contributed by atoms with van der Waals surface area (Å²) in [4.78, 5) is 17.2. The van der Waals surface area contributed by atoms with Gasteiger partial charge in [0.15, 0.2) is 0 Å². The van der Waals surface area contributed by atoms with Crippen molar-refractivity contribution in [3.63, 3.8) is 0 Å². The van der Waals surface area contributed by atoms with Crippen molar-refractivity contribution in [2.75, 3.05) is 32.8 Å². The van der Waals surface area contributed by atoms with Crippen molar-refractivity contribution < 1.29 is 9.53 Å². The van der Waals surface area contributed by atoms with E-state index in [0.29, 0.717) is 12.5 Å². The Hall–Kier alpha value is -1.69. The monoisotopic (exact) mass is 384 g/mol. The lowest BCUT2D eigenvalue weighted by Gasteiger charge is -2.33. The molecule has 1 aliphatic heterocycles. The largest absolute Gasteiger partial charge is 0.374 e. The Morgan fingerprint density at radius 1 is 1.30 bits per heavy atom. The first-order valence-corrected chi connectivity index (χ1v) is 10.7. The van der Waals surface area contributed by atoms with Gasteiger partial charge in [-0.1, -0.05) is 38.1 Å². The Morgan fingerprint density at radius 2 is 2.11 bits per heavy atom. The quantitative estimate of drug-likeness (QED) is 0.856. The van der Waals surface area contributed by atoms with Crippen LogP contribution >= 0.6 is 11.3 Å². The van der Waals surface area contributed by atoms with Crippen LogP contribution in [0.4, 0.5) is 0 Å². The molecule has 1 aromatic heterocycles. The molecule has 4 nitrogen and oxygen atoms in total. The fraction of sp³-hybridized carbons (Fsp3) is 0.500. The van der Waals surface area contributed by atoms with Gasteiger partial charge in [0.05, 0.1) is 17.6 Å². The van der Waals surface area contributed by atoms with Gasteiger partial charge < -0.3 is 10.1 Å². The fourth-order valence-electron chi connectivity index (χ4n) is 4.06. The van der Waals surface area contributed by atoms with Crippen LogP contribution in [0.3, 0.4) is 0 Å². The smallest absolute Gasteiger partial charge is 0.261 e. The minimum atomic E-state index is 0.0245. The predicted molar refractivity (Wildman–Crippen MR) is 111 cm³/mol. The summed E-state index contributed by atoms with van der Waals surface area (Å²) in [6.45, 7) is 8.77. The molecule has 5 heteroatoms. The van der Waals surface area contributed by atoms with Gasteiger partial charge in [0.2, 0.25) is 0 Å². The molecule has 1 N–H and O–H groups in total. The highest BCUT2D eigenvalue weighted by molar-refractivity contribution is 7.17. The van der Waals surface area contributed by atoms with Gasteiger partial charge in [0.25, 0.3) is 5.91 Å². The highest BCUT2D eigenvalue weighted by Crippen LogP contribution is 2.39. The third kappa shape index (κ3) is 4.26.